The Kier molecular flexibility index (Phi) is 5.32. The number of hydrogen-bond acceptors (Lipinski definition) is 5. The number of benzene rings is 2. The van der Waals surface area contributed by atoms with E-state index >= 15 is 0 Å². The number of rotatable bonds is 6. The number of fused-ring (bicyclic) bond motifs is 1. The van der Waals surface area contributed by atoms with Crippen molar-refractivity contribution in [3.63, 3.8) is 0 Å². The van der Waals surface area contributed by atoms with Crippen LogP contribution in [0, 0.1) is 0 Å². The van der Waals surface area contributed by atoms with Gasteiger partial charge < -0.3 is 9.47 Å². The molecule has 0 radical (unpaired) electrons. The molecule has 3 rings (SSSR count). The van der Waals surface area contributed by atoms with Crippen molar-refractivity contribution in [3.8, 4) is 11.5 Å². The van der Waals surface area contributed by atoms with Gasteiger partial charge in [-0.25, -0.2) is 4.98 Å². The molecule has 0 saturated heterocycles. The number of carbonyl (C=O) groups excluding carboxylic acids is 1. The minimum Gasteiger partial charge on any atom is -0.494 e. The SMILES string of the molecule is CCOc1ccc(OCC(=O)Nc2nc3ccc(Br)cc3s2)cc1. The van der Waals surface area contributed by atoms with E-state index in [4.69, 9.17) is 9.47 Å². The van der Waals surface area contributed by atoms with Crippen LogP contribution in [0.3, 0.4) is 0 Å². The minimum absolute atomic E-state index is 0.0758. The van der Waals surface area contributed by atoms with Crippen LogP contribution in [0.5, 0.6) is 11.5 Å². The van der Waals surface area contributed by atoms with Crippen LogP contribution in [0.4, 0.5) is 5.13 Å². The number of aromatic nitrogens is 1. The number of halogens is 1. The molecule has 1 amide bonds. The molecule has 0 aliphatic heterocycles. The Morgan fingerprint density at radius 2 is 1.88 bits per heavy atom. The predicted octanol–water partition coefficient (Wildman–Crippen LogP) is 4.48. The van der Waals surface area contributed by atoms with E-state index in [1.54, 1.807) is 12.1 Å². The highest BCUT2D eigenvalue weighted by molar-refractivity contribution is 9.10. The van der Waals surface area contributed by atoms with Gasteiger partial charge in [-0.3, -0.25) is 10.1 Å². The molecule has 24 heavy (non-hydrogen) atoms. The molecule has 124 valence electrons. The van der Waals surface area contributed by atoms with Crippen LogP contribution in [0.2, 0.25) is 0 Å². The highest BCUT2D eigenvalue weighted by atomic mass is 79.9. The molecule has 1 aromatic heterocycles. The average Bonchev–Trinajstić information content (AvgIpc) is 2.95. The van der Waals surface area contributed by atoms with Gasteiger partial charge >= 0.3 is 0 Å². The van der Waals surface area contributed by atoms with Crippen molar-refractivity contribution in [1.82, 2.24) is 4.98 Å². The van der Waals surface area contributed by atoms with Crippen LogP contribution < -0.4 is 14.8 Å². The molecule has 0 atom stereocenters. The Labute approximate surface area is 151 Å². The average molecular weight is 407 g/mol. The molecule has 3 aromatic rings. The van der Waals surface area contributed by atoms with Crippen molar-refractivity contribution in [3.05, 3.63) is 46.9 Å². The smallest absolute Gasteiger partial charge is 0.264 e. The van der Waals surface area contributed by atoms with Crippen molar-refractivity contribution in [2.24, 2.45) is 0 Å². The van der Waals surface area contributed by atoms with Gasteiger partial charge in [0.2, 0.25) is 0 Å². The van der Waals surface area contributed by atoms with E-state index in [-0.39, 0.29) is 12.5 Å². The number of ether oxygens (including phenoxy) is 2. The minimum atomic E-state index is -0.248. The van der Waals surface area contributed by atoms with Gasteiger partial charge in [0.25, 0.3) is 5.91 Å². The molecular weight excluding hydrogens is 392 g/mol. The summed E-state index contributed by atoms with van der Waals surface area (Å²) < 4.78 is 12.8. The fourth-order valence-electron chi connectivity index (χ4n) is 2.05. The lowest BCUT2D eigenvalue weighted by Crippen LogP contribution is -2.19. The first-order chi connectivity index (χ1) is 11.6. The normalized spacial score (nSPS) is 10.6. The van der Waals surface area contributed by atoms with Crippen LogP contribution in [-0.4, -0.2) is 24.1 Å². The van der Waals surface area contributed by atoms with Crippen LogP contribution in [-0.2, 0) is 4.79 Å². The summed E-state index contributed by atoms with van der Waals surface area (Å²) in [4.78, 5) is 16.4. The van der Waals surface area contributed by atoms with E-state index in [0.717, 1.165) is 20.4 Å². The van der Waals surface area contributed by atoms with Gasteiger partial charge in [0.05, 0.1) is 16.8 Å². The van der Waals surface area contributed by atoms with Crippen LogP contribution in [0.25, 0.3) is 10.2 Å². The first-order valence-electron chi connectivity index (χ1n) is 7.35. The Morgan fingerprint density at radius 3 is 2.58 bits per heavy atom. The monoisotopic (exact) mass is 406 g/mol. The summed E-state index contributed by atoms with van der Waals surface area (Å²) in [7, 11) is 0. The third-order valence-electron chi connectivity index (χ3n) is 3.10. The maximum atomic E-state index is 12.0. The predicted molar refractivity (Wildman–Crippen MR) is 99.1 cm³/mol. The number of nitrogens with zero attached hydrogens (tertiary/aromatic N) is 1. The molecule has 0 unspecified atom stereocenters. The summed E-state index contributed by atoms with van der Waals surface area (Å²) in [6, 6.07) is 13.0. The van der Waals surface area contributed by atoms with Crippen LogP contribution >= 0.6 is 27.3 Å². The van der Waals surface area contributed by atoms with E-state index in [1.807, 2.05) is 37.3 Å². The van der Waals surface area contributed by atoms with Gasteiger partial charge in [0.1, 0.15) is 11.5 Å². The molecule has 0 aliphatic carbocycles. The lowest BCUT2D eigenvalue weighted by molar-refractivity contribution is -0.118. The van der Waals surface area contributed by atoms with Gasteiger partial charge in [-0.05, 0) is 49.4 Å². The van der Waals surface area contributed by atoms with Crippen molar-refractivity contribution >= 4 is 48.5 Å². The van der Waals surface area contributed by atoms with Crippen molar-refractivity contribution in [2.45, 2.75) is 6.92 Å². The van der Waals surface area contributed by atoms with Gasteiger partial charge in [-0.2, -0.15) is 0 Å². The number of amides is 1. The summed E-state index contributed by atoms with van der Waals surface area (Å²) in [5.41, 5.74) is 0.853. The number of hydrogen-bond donors (Lipinski definition) is 1. The van der Waals surface area contributed by atoms with Crippen molar-refractivity contribution in [2.75, 3.05) is 18.5 Å². The molecule has 1 N–H and O–H groups in total. The molecule has 0 saturated carbocycles. The Bertz CT molecular complexity index is 849. The fraction of sp³-hybridized carbons (Fsp3) is 0.176. The number of carbonyl (C=O) groups is 1. The summed E-state index contributed by atoms with van der Waals surface area (Å²) in [5, 5.41) is 3.31. The summed E-state index contributed by atoms with van der Waals surface area (Å²) in [6.45, 7) is 2.46. The summed E-state index contributed by atoms with van der Waals surface area (Å²) in [6.07, 6.45) is 0. The Balaban J connectivity index is 1.56. The zero-order valence-electron chi connectivity index (χ0n) is 12.9. The van der Waals surface area contributed by atoms with Gasteiger partial charge in [0, 0.05) is 4.47 Å². The Morgan fingerprint density at radius 1 is 1.17 bits per heavy atom. The molecule has 0 fully saturated rings. The van der Waals surface area contributed by atoms with Crippen LogP contribution in [0.1, 0.15) is 6.92 Å². The molecule has 0 aliphatic rings. The summed E-state index contributed by atoms with van der Waals surface area (Å²) in [5.74, 6) is 1.14. The Hall–Kier alpha value is -2.12. The molecule has 7 heteroatoms. The maximum Gasteiger partial charge on any atom is 0.264 e. The number of thiazole rings is 1. The maximum absolute atomic E-state index is 12.0. The second-order valence-corrected chi connectivity index (χ2v) is 6.82. The standard InChI is InChI=1S/C17H15BrN2O3S/c1-2-22-12-4-6-13(7-5-12)23-10-16(21)20-17-19-14-8-3-11(18)9-15(14)24-17/h3-9H,2,10H2,1H3,(H,19,20,21). The molecule has 5 nitrogen and oxygen atoms in total. The molecule has 0 spiro atoms. The largest absolute Gasteiger partial charge is 0.494 e. The van der Waals surface area contributed by atoms with E-state index in [9.17, 15) is 4.79 Å². The molecular formula is C17H15BrN2O3S. The molecule has 1 heterocycles. The zero-order valence-corrected chi connectivity index (χ0v) is 15.3. The fourth-order valence-corrected chi connectivity index (χ4v) is 3.49. The number of anilines is 1. The second kappa shape index (κ2) is 7.63. The van der Waals surface area contributed by atoms with E-state index in [1.165, 1.54) is 11.3 Å². The van der Waals surface area contributed by atoms with Gasteiger partial charge in [0.15, 0.2) is 11.7 Å². The lowest BCUT2D eigenvalue weighted by atomic mass is 10.3. The third-order valence-corrected chi connectivity index (χ3v) is 4.53. The number of nitrogens with one attached hydrogen (secondary N) is 1. The molecule has 0 bridgehead atoms. The highest BCUT2D eigenvalue weighted by Gasteiger charge is 2.09. The topological polar surface area (TPSA) is 60.5 Å². The first-order valence-corrected chi connectivity index (χ1v) is 8.96. The third kappa shape index (κ3) is 4.24. The first kappa shape index (κ1) is 16.7. The van der Waals surface area contributed by atoms with Gasteiger partial charge in [-0.1, -0.05) is 27.3 Å². The lowest BCUT2D eigenvalue weighted by Gasteiger charge is -2.07. The van der Waals surface area contributed by atoms with E-state index in [0.29, 0.717) is 17.5 Å². The van der Waals surface area contributed by atoms with Crippen molar-refractivity contribution in [1.29, 1.82) is 0 Å². The van der Waals surface area contributed by atoms with Gasteiger partial charge in [-0.15, -0.1) is 0 Å². The van der Waals surface area contributed by atoms with E-state index < -0.39 is 0 Å². The van der Waals surface area contributed by atoms with Crippen LogP contribution in [0.15, 0.2) is 46.9 Å². The second-order valence-electron chi connectivity index (χ2n) is 4.87. The highest BCUT2D eigenvalue weighted by Crippen LogP contribution is 2.28. The molecule has 2 aromatic carbocycles. The van der Waals surface area contributed by atoms with E-state index in [2.05, 4.69) is 26.2 Å². The summed E-state index contributed by atoms with van der Waals surface area (Å²) >= 11 is 4.84. The zero-order chi connectivity index (χ0) is 16.9. The van der Waals surface area contributed by atoms with Crippen molar-refractivity contribution < 1.29 is 14.3 Å². The quantitative estimate of drug-likeness (QED) is 0.655.